The highest BCUT2D eigenvalue weighted by atomic mass is 16.6. The highest BCUT2D eigenvalue weighted by molar-refractivity contribution is 6.43. The number of ether oxygens (including phenoxy) is 6. The van der Waals surface area contributed by atoms with Crippen molar-refractivity contribution in [3.05, 3.63) is 178 Å². The van der Waals surface area contributed by atoms with Crippen molar-refractivity contribution < 1.29 is 68.1 Å². The number of amides is 2. The summed E-state index contributed by atoms with van der Waals surface area (Å²) in [6.45, 7) is 4.22. The molecule has 460 valence electrons. The number of pyridine rings is 2. The molecular formula is C68H84N4O14. The first-order valence-corrected chi connectivity index (χ1v) is 29.3. The quantitative estimate of drug-likeness (QED) is 0.0252. The second-order valence-corrected chi connectivity index (χ2v) is 21.3. The van der Waals surface area contributed by atoms with E-state index in [2.05, 4.69) is 34.2 Å². The van der Waals surface area contributed by atoms with Gasteiger partial charge in [0.05, 0.1) is 28.4 Å². The van der Waals surface area contributed by atoms with Gasteiger partial charge in [-0.1, -0.05) is 72.8 Å². The van der Waals surface area contributed by atoms with Gasteiger partial charge in [-0.3, -0.25) is 29.1 Å². The van der Waals surface area contributed by atoms with Gasteiger partial charge in [0.15, 0.2) is 23.0 Å². The molecule has 4 atom stereocenters. The van der Waals surface area contributed by atoms with Gasteiger partial charge >= 0.3 is 11.9 Å². The molecule has 4 aromatic carbocycles. The minimum Gasteiger partial charge on any atom is -0.493 e. The Labute approximate surface area is 505 Å². The van der Waals surface area contributed by atoms with Crippen LogP contribution in [0.1, 0.15) is 131 Å². The van der Waals surface area contributed by atoms with Gasteiger partial charge in [-0.25, -0.2) is 9.59 Å². The number of hydrogen-bond donors (Lipinski definition) is 0. The summed E-state index contributed by atoms with van der Waals surface area (Å²) in [7, 11) is 6.00. The Morgan fingerprint density at radius 3 is 1.17 bits per heavy atom. The second kappa shape index (κ2) is 35.1. The summed E-state index contributed by atoms with van der Waals surface area (Å²) < 4.78 is 33.6. The van der Waals surface area contributed by atoms with Crippen LogP contribution in [0.3, 0.4) is 0 Å². The highest BCUT2D eigenvalue weighted by Crippen LogP contribution is 2.35. The number of aryl methyl sites for hydroxylation is 6. The fourth-order valence-electron chi connectivity index (χ4n) is 11.1. The topological polar surface area (TPSA) is 253 Å². The number of ketones is 2. The molecule has 18 heteroatoms. The van der Waals surface area contributed by atoms with E-state index in [4.69, 9.17) is 28.4 Å². The number of methoxy groups -OCH3 is 4. The standard InChI is InChI=1S/2C34H40N2O6.2H2O/c2*1-24-22-26(23-30(40-2)32(24)41-3)31(37)33(38)36-21-11-19-29(36)34(39)42-28(17-9-14-25-12-5-4-6-13-25)18-10-16-27-15-7-8-20-35-27;;/h2*4-8,12-13,15,20,22-23,28-29H,9-11,14,16-19,21H2,1-3H3;2*1H2/t2*28?,29-;;/m11../s1. The fourth-order valence-corrected chi connectivity index (χ4v) is 11.1. The minimum atomic E-state index is -0.782. The first-order chi connectivity index (χ1) is 40.8. The third kappa shape index (κ3) is 19.3. The number of Topliss-reactive ketones (excluding diaryl/α,β-unsaturated/α-hetero) is 2. The zero-order valence-electron chi connectivity index (χ0n) is 50.4. The number of esters is 2. The van der Waals surface area contributed by atoms with E-state index in [0.29, 0.717) is 98.6 Å². The molecule has 4 heterocycles. The Morgan fingerprint density at radius 1 is 0.477 bits per heavy atom. The van der Waals surface area contributed by atoms with Crippen LogP contribution in [-0.2, 0) is 54.3 Å². The third-order valence-electron chi connectivity index (χ3n) is 15.4. The van der Waals surface area contributed by atoms with Crippen molar-refractivity contribution >= 4 is 35.3 Å². The summed E-state index contributed by atoms with van der Waals surface area (Å²) >= 11 is 0. The van der Waals surface area contributed by atoms with Crippen molar-refractivity contribution in [2.24, 2.45) is 0 Å². The molecule has 0 saturated carbocycles. The lowest BCUT2D eigenvalue weighted by Crippen LogP contribution is -2.45. The van der Waals surface area contributed by atoms with E-state index in [0.717, 1.165) is 62.8 Å². The van der Waals surface area contributed by atoms with Gasteiger partial charge in [-0.05, 0) is 187 Å². The van der Waals surface area contributed by atoms with Crippen LogP contribution in [0, 0.1) is 13.8 Å². The summed E-state index contributed by atoms with van der Waals surface area (Å²) in [5.74, 6) is -1.93. The van der Waals surface area contributed by atoms with Crippen molar-refractivity contribution in [3.8, 4) is 23.0 Å². The average Bonchev–Trinajstić information content (AvgIpc) is 3.68. The van der Waals surface area contributed by atoms with Gasteiger partial charge in [0.2, 0.25) is 0 Å². The van der Waals surface area contributed by atoms with Crippen LogP contribution in [0.15, 0.2) is 134 Å². The lowest BCUT2D eigenvalue weighted by Gasteiger charge is -2.26. The number of carbonyl (C=O) groups excluding carboxylic acids is 6. The molecule has 8 rings (SSSR count). The maximum absolute atomic E-state index is 13.5. The summed E-state index contributed by atoms with van der Waals surface area (Å²) in [5, 5.41) is 0. The Hall–Kier alpha value is -8.48. The number of hydrogen-bond acceptors (Lipinski definition) is 14. The van der Waals surface area contributed by atoms with Gasteiger partial charge in [-0.2, -0.15) is 0 Å². The molecule has 6 aromatic rings. The number of rotatable bonds is 28. The van der Waals surface area contributed by atoms with Crippen molar-refractivity contribution in [2.75, 3.05) is 41.5 Å². The molecule has 2 aliphatic rings. The smallest absolute Gasteiger partial charge is 0.329 e. The largest absolute Gasteiger partial charge is 0.493 e. The zero-order valence-corrected chi connectivity index (χ0v) is 50.4. The van der Waals surface area contributed by atoms with E-state index >= 15 is 0 Å². The molecule has 2 aliphatic heterocycles. The predicted octanol–water partition coefficient (Wildman–Crippen LogP) is 9.43. The molecule has 2 amide bonds. The minimum absolute atomic E-state index is 0. The Morgan fingerprint density at radius 2 is 0.837 bits per heavy atom. The van der Waals surface area contributed by atoms with Gasteiger partial charge in [-0.15, -0.1) is 0 Å². The van der Waals surface area contributed by atoms with Gasteiger partial charge in [0, 0.05) is 48.0 Å². The zero-order chi connectivity index (χ0) is 59.8. The van der Waals surface area contributed by atoms with E-state index in [-0.39, 0.29) is 34.3 Å². The highest BCUT2D eigenvalue weighted by Gasteiger charge is 2.41. The summed E-state index contributed by atoms with van der Waals surface area (Å²) in [4.78, 5) is 91.7. The summed E-state index contributed by atoms with van der Waals surface area (Å²) in [6, 6.07) is 36.8. The molecular weight excluding hydrogens is 1100 g/mol. The van der Waals surface area contributed by atoms with Crippen molar-refractivity contribution in [2.45, 2.75) is 141 Å². The van der Waals surface area contributed by atoms with Crippen LogP contribution >= 0.6 is 0 Å². The molecule has 18 nitrogen and oxygen atoms in total. The molecule has 0 aliphatic carbocycles. The SMILES string of the molecule is COc1cc(C(=O)C(=O)N2CCC[C@@H]2C(=O)OC(CCCc2ccccc2)CCCc2ccccn2)cc(C)c1OC.COc1cc(C(=O)C(=O)N2CCC[C@@H]2C(=O)OC(CCCc2ccccc2)CCCc2ccccn2)cc(C)c1OC.O.O. The predicted molar refractivity (Wildman–Crippen MR) is 327 cm³/mol. The van der Waals surface area contributed by atoms with E-state index in [1.807, 2.05) is 72.8 Å². The van der Waals surface area contributed by atoms with E-state index < -0.39 is 47.4 Å². The van der Waals surface area contributed by atoms with Crippen LogP contribution in [0.5, 0.6) is 23.0 Å². The van der Waals surface area contributed by atoms with Crippen LogP contribution in [-0.4, -0.2) is 132 Å². The Bertz CT molecular complexity index is 2810. The first kappa shape index (κ1) is 68.3. The van der Waals surface area contributed by atoms with E-state index in [1.54, 1.807) is 38.4 Å². The lowest BCUT2D eigenvalue weighted by atomic mass is 10.0. The number of likely N-dealkylation sites (tertiary alicyclic amines) is 2. The Balaban J connectivity index is 0.000000307. The molecule has 0 radical (unpaired) electrons. The van der Waals surface area contributed by atoms with Crippen molar-refractivity contribution in [1.82, 2.24) is 19.8 Å². The average molecular weight is 1180 g/mol. The molecule has 2 saturated heterocycles. The molecule has 86 heavy (non-hydrogen) atoms. The normalized spacial score (nSPS) is 14.9. The molecule has 0 bridgehead atoms. The van der Waals surface area contributed by atoms with Gasteiger partial charge in [0.25, 0.3) is 23.4 Å². The van der Waals surface area contributed by atoms with E-state index in [1.165, 1.54) is 61.5 Å². The lowest BCUT2D eigenvalue weighted by molar-refractivity contribution is -0.158. The third-order valence-corrected chi connectivity index (χ3v) is 15.4. The maximum atomic E-state index is 13.5. The molecule has 2 unspecified atom stereocenters. The number of carbonyl (C=O) groups is 6. The van der Waals surface area contributed by atoms with Gasteiger partial charge < -0.3 is 49.2 Å². The molecule has 2 aromatic heterocycles. The maximum Gasteiger partial charge on any atom is 0.329 e. The summed E-state index contributed by atoms with van der Waals surface area (Å²) in [6.07, 6.45) is 14.8. The molecule has 4 N–H and O–H groups in total. The van der Waals surface area contributed by atoms with Crippen molar-refractivity contribution in [3.63, 3.8) is 0 Å². The van der Waals surface area contributed by atoms with Crippen LogP contribution in [0.2, 0.25) is 0 Å². The number of benzene rings is 4. The van der Waals surface area contributed by atoms with Crippen molar-refractivity contribution in [1.29, 1.82) is 0 Å². The van der Waals surface area contributed by atoms with Crippen LogP contribution in [0.25, 0.3) is 0 Å². The first-order valence-electron chi connectivity index (χ1n) is 29.3. The van der Waals surface area contributed by atoms with E-state index in [9.17, 15) is 28.8 Å². The Kier molecular flexibility index (Phi) is 27.9. The molecule has 0 spiro atoms. The second-order valence-electron chi connectivity index (χ2n) is 21.3. The number of nitrogens with zero attached hydrogens (tertiary/aromatic N) is 4. The van der Waals surface area contributed by atoms with Crippen LogP contribution < -0.4 is 18.9 Å². The monoisotopic (exact) mass is 1180 g/mol. The number of aromatic nitrogens is 2. The summed E-state index contributed by atoms with van der Waals surface area (Å²) in [5.41, 5.74) is 6.24. The molecule has 2 fully saturated rings. The van der Waals surface area contributed by atoms with Gasteiger partial charge in [0.1, 0.15) is 24.3 Å². The fraction of sp³-hybridized carbons (Fsp3) is 0.412. The van der Waals surface area contributed by atoms with Crippen LogP contribution in [0.4, 0.5) is 0 Å².